The number of nitrogen functional groups attached to an aromatic ring is 1. The van der Waals surface area contributed by atoms with E-state index in [1.54, 1.807) is 36.4 Å². The molecule has 40 heavy (non-hydrogen) atoms. The molecular formula is C29H32ClFN6O3. The lowest BCUT2D eigenvalue weighted by atomic mass is 10.0. The Labute approximate surface area is 237 Å². The second kappa shape index (κ2) is 12.2. The maximum atomic E-state index is 13.9. The monoisotopic (exact) mass is 566 g/mol. The van der Waals surface area contributed by atoms with Crippen LogP contribution in [0.4, 0.5) is 27.1 Å². The molecule has 0 aromatic heterocycles. The Balaban J connectivity index is 1.32. The number of ether oxygens (including phenoxy) is 1. The van der Waals surface area contributed by atoms with Crippen molar-refractivity contribution in [1.29, 1.82) is 0 Å². The van der Waals surface area contributed by atoms with Gasteiger partial charge in [0.2, 0.25) is 0 Å². The van der Waals surface area contributed by atoms with Crippen LogP contribution in [0.1, 0.15) is 32.3 Å². The number of nitrogens with one attached hydrogen (secondary N) is 3. The number of carbonyl (C=O) groups is 2. The number of likely N-dealkylation sites (N-methyl/N-ethyl adjacent to an activating group) is 1. The number of alkyl halides is 1. The van der Waals surface area contributed by atoms with Gasteiger partial charge in [-0.25, -0.2) is 4.39 Å². The summed E-state index contributed by atoms with van der Waals surface area (Å²) in [7, 11) is 2.08. The fourth-order valence-electron chi connectivity index (χ4n) is 4.85. The largest absolute Gasteiger partial charge is 0.398 e. The molecule has 2 amide bonds. The third-order valence-corrected chi connectivity index (χ3v) is 7.47. The average Bonchev–Trinajstić information content (AvgIpc) is 2.95. The summed E-state index contributed by atoms with van der Waals surface area (Å²) in [5, 5.41) is 8.81. The van der Waals surface area contributed by atoms with E-state index in [1.807, 2.05) is 18.2 Å². The number of nitrogens with zero attached hydrogens (tertiary/aromatic N) is 2. The molecule has 3 aromatic carbocycles. The van der Waals surface area contributed by atoms with Crippen LogP contribution in [-0.2, 0) is 4.74 Å². The van der Waals surface area contributed by atoms with E-state index in [-0.39, 0.29) is 29.5 Å². The smallest absolute Gasteiger partial charge is 0.257 e. The zero-order valence-electron chi connectivity index (χ0n) is 22.1. The molecule has 2 atom stereocenters. The van der Waals surface area contributed by atoms with Crippen molar-refractivity contribution in [3.05, 3.63) is 82.4 Å². The van der Waals surface area contributed by atoms with Crippen molar-refractivity contribution < 1.29 is 18.7 Å². The highest BCUT2D eigenvalue weighted by molar-refractivity contribution is 6.34. The highest BCUT2D eigenvalue weighted by Crippen LogP contribution is 2.29. The number of hydrogen-bond acceptors (Lipinski definition) is 7. The summed E-state index contributed by atoms with van der Waals surface area (Å²) in [5.41, 5.74) is 9.53. The second-order valence-corrected chi connectivity index (χ2v) is 10.4. The lowest BCUT2D eigenvalue weighted by molar-refractivity contribution is 0.000281. The molecule has 5 rings (SSSR count). The van der Waals surface area contributed by atoms with Crippen LogP contribution < -0.4 is 26.6 Å². The normalized spacial score (nSPS) is 19.7. The lowest BCUT2D eigenvalue weighted by Gasteiger charge is -2.34. The van der Waals surface area contributed by atoms with Gasteiger partial charge < -0.3 is 30.9 Å². The van der Waals surface area contributed by atoms with Crippen LogP contribution in [-0.4, -0.2) is 69.5 Å². The number of amides is 2. The summed E-state index contributed by atoms with van der Waals surface area (Å²) in [6, 6.07) is 16.8. The van der Waals surface area contributed by atoms with Crippen molar-refractivity contribution in [2.75, 3.05) is 67.7 Å². The number of para-hydroxylation sites is 1. The number of benzene rings is 3. The molecule has 2 unspecified atom stereocenters. The molecule has 11 heteroatoms. The molecule has 2 aliphatic rings. The van der Waals surface area contributed by atoms with Crippen LogP contribution in [0.5, 0.6) is 0 Å². The standard InChI is InChI=1S/C29H32ClFN6O3/c1-36-10-12-37(13-11-36)19-7-9-23(32)21(15-19)29(39)35-25-14-18(6-8-22(25)30)28(38)34-24-5-3-2-4-20(24)26-16-40-17-27(31)33-26/h2-9,14-15,26-27,33H,10-13,16-17,32H2,1H3,(H,34,38)(H,35,39). The van der Waals surface area contributed by atoms with Gasteiger partial charge in [0.05, 0.1) is 35.5 Å². The summed E-state index contributed by atoms with van der Waals surface area (Å²) < 4.78 is 19.2. The van der Waals surface area contributed by atoms with E-state index in [1.165, 1.54) is 6.07 Å². The van der Waals surface area contributed by atoms with Crippen molar-refractivity contribution in [2.24, 2.45) is 0 Å². The van der Waals surface area contributed by atoms with E-state index in [2.05, 4.69) is 32.8 Å². The van der Waals surface area contributed by atoms with Crippen LogP contribution >= 0.6 is 11.6 Å². The van der Waals surface area contributed by atoms with Crippen molar-refractivity contribution in [1.82, 2.24) is 10.2 Å². The van der Waals surface area contributed by atoms with Gasteiger partial charge in [0.15, 0.2) is 6.30 Å². The first-order valence-corrected chi connectivity index (χ1v) is 13.5. The minimum atomic E-state index is -1.29. The van der Waals surface area contributed by atoms with Crippen LogP contribution in [0.15, 0.2) is 60.7 Å². The number of halogens is 2. The Bertz CT molecular complexity index is 1400. The first-order valence-electron chi connectivity index (χ1n) is 13.1. The highest BCUT2D eigenvalue weighted by atomic mass is 35.5. The number of hydrogen-bond donors (Lipinski definition) is 4. The Morgan fingerprint density at radius 2 is 1.73 bits per heavy atom. The van der Waals surface area contributed by atoms with Gasteiger partial charge in [-0.2, -0.15) is 0 Å². The first kappa shape index (κ1) is 27.9. The van der Waals surface area contributed by atoms with Crippen molar-refractivity contribution in [3.8, 4) is 0 Å². The maximum absolute atomic E-state index is 13.9. The Morgan fingerprint density at radius 1 is 0.975 bits per heavy atom. The quantitative estimate of drug-likeness (QED) is 0.262. The van der Waals surface area contributed by atoms with Gasteiger partial charge >= 0.3 is 0 Å². The SMILES string of the molecule is CN1CCN(c2ccc(N)c(C(=O)Nc3cc(C(=O)Nc4ccccc4C4COCC(F)N4)ccc3Cl)c2)CC1. The zero-order chi connectivity index (χ0) is 28.2. The van der Waals surface area contributed by atoms with Crippen LogP contribution in [0, 0.1) is 0 Å². The zero-order valence-corrected chi connectivity index (χ0v) is 22.9. The predicted octanol–water partition coefficient (Wildman–Crippen LogP) is 4.14. The Morgan fingerprint density at radius 3 is 2.50 bits per heavy atom. The van der Waals surface area contributed by atoms with E-state index in [9.17, 15) is 14.0 Å². The minimum absolute atomic E-state index is 0.0178. The molecule has 3 aromatic rings. The van der Waals surface area contributed by atoms with Crippen LogP contribution in [0.3, 0.4) is 0 Å². The van der Waals surface area contributed by atoms with E-state index >= 15 is 0 Å². The molecule has 210 valence electrons. The molecule has 2 heterocycles. The molecule has 0 saturated carbocycles. The van der Waals surface area contributed by atoms with Crippen molar-refractivity contribution in [2.45, 2.75) is 12.3 Å². The number of nitrogens with two attached hydrogens (primary N) is 1. The van der Waals surface area contributed by atoms with Gasteiger partial charge in [-0.15, -0.1) is 0 Å². The molecule has 0 bridgehead atoms. The third kappa shape index (κ3) is 6.37. The van der Waals surface area contributed by atoms with Gasteiger partial charge in [-0.3, -0.25) is 14.9 Å². The number of morpholine rings is 1. The van der Waals surface area contributed by atoms with E-state index < -0.39 is 24.2 Å². The molecule has 0 spiro atoms. The number of carbonyl (C=O) groups excluding carboxylic acids is 2. The molecule has 0 radical (unpaired) electrons. The Hall–Kier alpha value is -3.70. The van der Waals surface area contributed by atoms with Crippen LogP contribution in [0.25, 0.3) is 0 Å². The average molecular weight is 567 g/mol. The fourth-order valence-corrected chi connectivity index (χ4v) is 5.01. The van der Waals surface area contributed by atoms with E-state index in [0.29, 0.717) is 22.5 Å². The van der Waals surface area contributed by atoms with Gasteiger partial charge in [0, 0.05) is 48.8 Å². The molecular weight excluding hydrogens is 535 g/mol. The predicted molar refractivity (Wildman–Crippen MR) is 156 cm³/mol. The Kier molecular flexibility index (Phi) is 8.51. The first-order chi connectivity index (χ1) is 19.3. The number of piperazine rings is 1. The number of anilines is 4. The summed E-state index contributed by atoms with van der Waals surface area (Å²) >= 11 is 6.39. The lowest BCUT2D eigenvalue weighted by Crippen LogP contribution is -2.44. The van der Waals surface area contributed by atoms with Crippen molar-refractivity contribution >= 4 is 46.2 Å². The fraction of sp³-hybridized carbons (Fsp3) is 0.310. The molecule has 0 aliphatic carbocycles. The van der Waals surface area contributed by atoms with Gasteiger partial charge in [0.25, 0.3) is 11.8 Å². The van der Waals surface area contributed by atoms with Crippen molar-refractivity contribution in [3.63, 3.8) is 0 Å². The topological polar surface area (TPSA) is 112 Å². The summed E-state index contributed by atoms with van der Waals surface area (Å²) in [6.45, 7) is 3.83. The van der Waals surface area contributed by atoms with Gasteiger partial charge in [-0.1, -0.05) is 29.8 Å². The summed E-state index contributed by atoms with van der Waals surface area (Å²) in [6.07, 6.45) is -1.29. The number of rotatable bonds is 6. The molecule has 2 fully saturated rings. The van der Waals surface area contributed by atoms with Crippen LogP contribution in [0.2, 0.25) is 5.02 Å². The van der Waals surface area contributed by atoms with Gasteiger partial charge in [0.1, 0.15) is 0 Å². The summed E-state index contributed by atoms with van der Waals surface area (Å²) in [5.74, 6) is -0.841. The molecule has 2 saturated heterocycles. The highest BCUT2D eigenvalue weighted by Gasteiger charge is 2.25. The maximum Gasteiger partial charge on any atom is 0.257 e. The summed E-state index contributed by atoms with van der Waals surface area (Å²) in [4.78, 5) is 30.9. The molecule has 2 aliphatic heterocycles. The minimum Gasteiger partial charge on any atom is -0.398 e. The molecule has 5 N–H and O–H groups in total. The van der Waals surface area contributed by atoms with E-state index in [0.717, 1.165) is 31.9 Å². The molecule has 9 nitrogen and oxygen atoms in total. The van der Waals surface area contributed by atoms with E-state index in [4.69, 9.17) is 22.1 Å². The second-order valence-electron chi connectivity index (χ2n) is 9.98. The van der Waals surface area contributed by atoms with Gasteiger partial charge in [-0.05, 0) is 55.1 Å². The third-order valence-electron chi connectivity index (χ3n) is 7.14.